The highest BCUT2D eigenvalue weighted by Gasteiger charge is 2.45. The Balaban J connectivity index is 1.94. The Morgan fingerprint density at radius 2 is 1.93 bits per heavy atom. The predicted molar refractivity (Wildman–Crippen MR) is 62.8 cm³/mol. The van der Waals surface area contributed by atoms with Gasteiger partial charge in [0.25, 0.3) is 0 Å². The molecule has 0 radical (unpaired) electrons. The van der Waals surface area contributed by atoms with E-state index in [0.29, 0.717) is 17.9 Å². The van der Waals surface area contributed by atoms with Crippen molar-refractivity contribution in [3.8, 4) is 0 Å². The zero-order chi connectivity index (χ0) is 10.4. The molecule has 3 rings (SSSR count). The van der Waals surface area contributed by atoms with Crippen LogP contribution < -0.4 is 4.90 Å². The van der Waals surface area contributed by atoms with Gasteiger partial charge in [0.15, 0.2) is 0 Å². The number of carbonyl (C=O) groups excluding carboxylic acids is 1. The lowest BCUT2D eigenvalue weighted by Gasteiger charge is -2.27. The van der Waals surface area contributed by atoms with E-state index >= 15 is 0 Å². The van der Waals surface area contributed by atoms with Crippen molar-refractivity contribution in [1.82, 2.24) is 0 Å². The van der Waals surface area contributed by atoms with Gasteiger partial charge in [0.05, 0.1) is 0 Å². The lowest BCUT2D eigenvalue weighted by Crippen LogP contribution is -2.36. The average molecular weight is 266 g/mol. The van der Waals surface area contributed by atoms with Crippen LogP contribution in [-0.2, 0) is 4.79 Å². The van der Waals surface area contributed by atoms with E-state index in [-0.39, 0.29) is 0 Å². The first-order valence-electron chi connectivity index (χ1n) is 5.34. The standard InChI is InChI=1S/C12H12BrNO/c13-9-2-5-10(6-3-9)14-11-4-1-8(7-11)12(14)15/h2-3,5-6,8,11H,1,4,7H2. The molecule has 0 spiro atoms. The Kier molecular flexibility index (Phi) is 2.09. The van der Waals surface area contributed by atoms with Gasteiger partial charge in [-0.25, -0.2) is 0 Å². The molecule has 2 aliphatic rings. The van der Waals surface area contributed by atoms with Gasteiger partial charge < -0.3 is 4.90 Å². The Morgan fingerprint density at radius 1 is 1.20 bits per heavy atom. The third-order valence-corrected chi connectivity index (χ3v) is 3.99. The molecule has 1 heterocycles. The van der Waals surface area contributed by atoms with Crippen molar-refractivity contribution in [2.75, 3.05) is 4.90 Å². The number of amides is 1. The molecule has 0 aromatic heterocycles. The van der Waals surface area contributed by atoms with Crippen LogP contribution in [0.3, 0.4) is 0 Å². The minimum Gasteiger partial charge on any atom is -0.309 e. The Labute approximate surface area is 97.4 Å². The van der Waals surface area contributed by atoms with Crippen molar-refractivity contribution in [1.29, 1.82) is 0 Å². The molecule has 2 atom stereocenters. The van der Waals surface area contributed by atoms with E-state index in [1.807, 2.05) is 29.2 Å². The lowest BCUT2D eigenvalue weighted by molar-refractivity contribution is -0.121. The van der Waals surface area contributed by atoms with Crippen molar-refractivity contribution in [2.24, 2.45) is 5.92 Å². The monoisotopic (exact) mass is 265 g/mol. The summed E-state index contributed by atoms with van der Waals surface area (Å²) >= 11 is 3.41. The van der Waals surface area contributed by atoms with Crippen LogP contribution in [0.25, 0.3) is 0 Å². The number of anilines is 1. The Hall–Kier alpha value is -0.830. The fourth-order valence-corrected chi connectivity index (χ4v) is 3.00. The number of rotatable bonds is 1. The van der Waals surface area contributed by atoms with Crippen LogP contribution in [-0.4, -0.2) is 11.9 Å². The number of hydrogen-bond donors (Lipinski definition) is 0. The average Bonchev–Trinajstić information content (AvgIpc) is 2.80. The van der Waals surface area contributed by atoms with Gasteiger partial charge in [0.1, 0.15) is 0 Å². The zero-order valence-corrected chi connectivity index (χ0v) is 9.90. The van der Waals surface area contributed by atoms with Crippen molar-refractivity contribution in [2.45, 2.75) is 25.3 Å². The van der Waals surface area contributed by atoms with Gasteiger partial charge in [-0.15, -0.1) is 0 Å². The predicted octanol–water partition coefficient (Wildman–Crippen LogP) is 2.96. The first kappa shape index (κ1) is 9.40. The second-order valence-electron chi connectivity index (χ2n) is 4.35. The number of fused-ring (bicyclic) bond motifs is 2. The number of carbonyl (C=O) groups is 1. The largest absolute Gasteiger partial charge is 0.309 e. The van der Waals surface area contributed by atoms with Crippen molar-refractivity contribution in [3.05, 3.63) is 28.7 Å². The quantitative estimate of drug-likeness (QED) is 0.765. The summed E-state index contributed by atoms with van der Waals surface area (Å²) in [6, 6.07) is 8.48. The van der Waals surface area contributed by atoms with Gasteiger partial charge in [-0.1, -0.05) is 15.9 Å². The summed E-state index contributed by atoms with van der Waals surface area (Å²) in [6.45, 7) is 0. The lowest BCUT2D eigenvalue weighted by atomic mass is 10.1. The second-order valence-corrected chi connectivity index (χ2v) is 5.26. The highest BCUT2D eigenvalue weighted by atomic mass is 79.9. The van der Waals surface area contributed by atoms with Crippen LogP contribution in [0.5, 0.6) is 0 Å². The van der Waals surface area contributed by atoms with Gasteiger partial charge >= 0.3 is 0 Å². The molecule has 2 fully saturated rings. The molecule has 1 aliphatic carbocycles. The third kappa shape index (κ3) is 1.41. The molecular formula is C12H12BrNO. The smallest absolute Gasteiger partial charge is 0.230 e. The number of nitrogens with zero attached hydrogens (tertiary/aromatic N) is 1. The number of hydrogen-bond acceptors (Lipinski definition) is 1. The van der Waals surface area contributed by atoms with E-state index < -0.39 is 0 Å². The minimum atomic E-state index is 0.304. The SMILES string of the molecule is O=C1C2CCC(C2)N1c1ccc(Br)cc1. The van der Waals surface area contributed by atoms with E-state index in [1.54, 1.807) is 0 Å². The summed E-state index contributed by atoms with van der Waals surface area (Å²) in [5.41, 5.74) is 1.05. The number of benzene rings is 1. The molecule has 1 amide bonds. The second kappa shape index (κ2) is 3.34. The number of halogens is 1. The normalized spacial score (nSPS) is 28.9. The Morgan fingerprint density at radius 3 is 2.53 bits per heavy atom. The van der Waals surface area contributed by atoms with Crippen LogP contribution in [0.4, 0.5) is 5.69 Å². The molecular weight excluding hydrogens is 254 g/mol. The molecule has 2 unspecified atom stereocenters. The van der Waals surface area contributed by atoms with E-state index in [0.717, 1.165) is 23.0 Å². The highest BCUT2D eigenvalue weighted by Crippen LogP contribution is 2.41. The molecule has 2 bridgehead atoms. The first-order chi connectivity index (χ1) is 7.25. The molecule has 15 heavy (non-hydrogen) atoms. The molecule has 78 valence electrons. The van der Waals surface area contributed by atoms with Crippen LogP contribution >= 0.6 is 15.9 Å². The molecule has 1 saturated heterocycles. The summed E-state index contributed by atoms with van der Waals surface area (Å²) in [7, 11) is 0. The van der Waals surface area contributed by atoms with Crippen molar-refractivity contribution >= 4 is 27.5 Å². The molecule has 1 aromatic carbocycles. The van der Waals surface area contributed by atoms with Crippen molar-refractivity contribution in [3.63, 3.8) is 0 Å². The van der Waals surface area contributed by atoms with Gasteiger partial charge in [-0.3, -0.25) is 4.79 Å². The van der Waals surface area contributed by atoms with Gasteiger partial charge in [-0.05, 0) is 43.5 Å². The maximum absolute atomic E-state index is 12.0. The molecule has 1 aliphatic heterocycles. The van der Waals surface area contributed by atoms with Crippen LogP contribution in [0.15, 0.2) is 28.7 Å². The summed E-state index contributed by atoms with van der Waals surface area (Å²) < 4.78 is 1.06. The minimum absolute atomic E-state index is 0.304. The molecule has 0 N–H and O–H groups in total. The summed E-state index contributed by atoms with van der Waals surface area (Å²) in [6.07, 6.45) is 3.33. The zero-order valence-electron chi connectivity index (χ0n) is 8.32. The van der Waals surface area contributed by atoms with Gasteiger partial charge in [0.2, 0.25) is 5.91 Å². The summed E-state index contributed by atoms with van der Waals surface area (Å²) in [5, 5.41) is 0. The molecule has 2 nitrogen and oxygen atoms in total. The van der Waals surface area contributed by atoms with Gasteiger partial charge in [0, 0.05) is 22.1 Å². The summed E-state index contributed by atoms with van der Waals surface area (Å²) in [4.78, 5) is 14.0. The highest BCUT2D eigenvalue weighted by molar-refractivity contribution is 9.10. The molecule has 3 heteroatoms. The van der Waals surface area contributed by atoms with E-state index in [1.165, 1.54) is 6.42 Å². The fourth-order valence-electron chi connectivity index (χ4n) is 2.73. The van der Waals surface area contributed by atoms with Crippen LogP contribution in [0.2, 0.25) is 0 Å². The number of piperidine rings is 1. The van der Waals surface area contributed by atoms with E-state index in [2.05, 4.69) is 15.9 Å². The van der Waals surface area contributed by atoms with Crippen LogP contribution in [0.1, 0.15) is 19.3 Å². The molecule has 1 saturated carbocycles. The molecule has 1 aromatic rings. The Bertz CT molecular complexity index is 401. The van der Waals surface area contributed by atoms with Gasteiger partial charge in [-0.2, -0.15) is 0 Å². The maximum atomic E-state index is 12.0. The van der Waals surface area contributed by atoms with E-state index in [9.17, 15) is 4.79 Å². The van der Waals surface area contributed by atoms with Crippen molar-refractivity contribution < 1.29 is 4.79 Å². The topological polar surface area (TPSA) is 20.3 Å². The fraction of sp³-hybridized carbons (Fsp3) is 0.417. The van der Waals surface area contributed by atoms with E-state index in [4.69, 9.17) is 0 Å². The maximum Gasteiger partial charge on any atom is 0.230 e. The van der Waals surface area contributed by atoms with Crippen LogP contribution in [0, 0.1) is 5.92 Å². The first-order valence-corrected chi connectivity index (χ1v) is 6.13. The summed E-state index contributed by atoms with van der Waals surface area (Å²) in [5.74, 6) is 0.632. The third-order valence-electron chi connectivity index (χ3n) is 3.46.